The third-order valence-electron chi connectivity index (χ3n) is 5.60. The molecule has 0 aliphatic carbocycles. The molecule has 1 atom stereocenters. The van der Waals surface area contributed by atoms with Gasteiger partial charge < -0.3 is 15.2 Å². The number of aryl methyl sites for hydroxylation is 1. The molecule has 2 aromatic carbocycles. The highest BCUT2D eigenvalue weighted by atomic mass is 35.5. The molecule has 38 heavy (non-hydrogen) atoms. The van der Waals surface area contributed by atoms with Crippen LogP contribution in [0.25, 0.3) is 0 Å². The van der Waals surface area contributed by atoms with Gasteiger partial charge in [0.1, 0.15) is 0 Å². The number of halogens is 2. The topological polar surface area (TPSA) is 132 Å². The number of carbonyl (C=O) groups excluding carboxylic acids is 2. The number of nitrogens with zero attached hydrogens (tertiary/aromatic N) is 4. The Morgan fingerprint density at radius 3 is 2.53 bits per heavy atom. The highest BCUT2D eigenvalue weighted by Gasteiger charge is 2.25. The van der Waals surface area contributed by atoms with Gasteiger partial charge in [-0.25, -0.2) is 0 Å². The summed E-state index contributed by atoms with van der Waals surface area (Å²) < 4.78 is 1.85. The van der Waals surface area contributed by atoms with E-state index < -0.39 is 11.0 Å². The Bertz CT molecular complexity index is 1350. The van der Waals surface area contributed by atoms with Crippen molar-refractivity contribution in [2.45, 2.75) is 51.9 Å². The van der Waals surface area contributed by atoms with Crippen molar-refractivity contribution in [2.75, 3.05) is 11.1 Å². The first-order valence-electron chi connectivity index (χ1n) is 11.9. The third-order valence-corrected chi connectivity index (χ3v) is 7.11. The molecule has 0 bridgehead atoms. The van der Waals surface area contributed by atoms with E-state index in [1.54, 1.807) is 25.1 Å². The number of rotatable bonds is 11. The summed E-state index contributed by atoms with van der Waals surface area (Å²) in [5.41, 5.74) is 1.28. The van der Waals surface area contributed by atoms with E-state index in [0.717, 1.165) is 0 Å². The van der Waals surface area contributed by atoms with Crippen LogP contribution < -0.4 is 10.6 Å². The lowest BCUT2D eigenvalue weighted by Crippen LogP contribution is -2.32. The van der Waals surface area contributed by atoms with Gasteiger partial charge in [-0.05, 0) is 49.9 Å². The van der Waals surface area contributed by atoms with Crippen molar-refractivity contribution in [3.63, 3.8) is 0 Å². The molecule has 202 valence electrons. The van der Waals surface area contributed by atoms with Gasteiger partial charge in [-0.3, -0.25) is 19.7 Å². The smallest absolute Gasteiger partial charge is 0.271 e. The molecule has 0 aliphatic rings. The van der Waals surface area contributed by atoms with E-state index in [9.17, 15) is 19.7 Å². The number of benzene rings is 2. The van der Waals surface area contributed by atoms with Crippen LogP contribution in [0.3, 0.4) is 0 Å². The standard InChI is InChI=1S/C25H28Cl2N6O4S/c1-5-32-23(21(10-14(2)3)29-24(35)18-9-7-16(26)11-19(18)27)30-31-25(32)38-13-22(34)28-20-12-17(33(36)37)8-6-15(20)4/h6-9,11-12,14,21H,5,10,13H2,1-4H3,(H,28,34)(H,29,35)/t21-/m1/s1. The molecule has 13 heteroatoms. The molecule has 2 amide bonds. The maximum absolute atomic E-state index is 13.0. The number of non-ortho nitro benzene ring substituents is 1. The van der Waals surface area contributed by atoms with Gasteiger partial charge in [0.25, 0.3) is 11.6 Å². The van der Waals surface area contributed by atoms with Gasteiger partial charge in [-0.15, -0.1) is 10.2 Å². The van der Waals surface area contributed by atoms with E-state index in [2.05, 4.69) is 20.8 Å². The number of nitrogens with one attached hydrogen (secondary N) is 2. The summed E-state index contributed by atoms with van der Waals surface area (Å²) in [6, 6.07) is 8.54. The normalized spacial score (nSPS) is 11.9. The molecule has 3 aromatic rings. The van der Waals surface area contributed by atoms with Gasteiger partial charge in [0, 0.05) is 23.7 Å². The Labute approximate surface area is 234 Å². The molecular formula is C25H28Cl2N6O4S. The van der Waals surface area contributed by atoms with Crippen LogP contribution >= 0.6 is 35.0 Å². The summed E-state index contributed by atoms with van der Waals surface area (Å²) >= 11 is 13.4. The number of nitro groups is 1. The average molecular weight is 580 g/mol. The lowest BCUT2D eigenvalue weighted by Gasteiger charge is -2.21. The van der Waals surface area contributed by atoms with Gasteiger partial charge >= 0.3 is 0 Å². The summed E-state index contributed by atoms with van der Waals surface area (Å²) in [5, 5.41) is 26.6. The number of aromatic nitrogens is 3. The van der Waals surface area contributed by atoms with Crippen LogP contribution in [-0.2, 0) is 11.3 Å². The fourth-order valence-corrected chi connectivity index (χ4v) is 5.05. The average Bonchev–Trinajstić information content (AvgIpc) is 3.26. The summed E-state index contributed by atoms with van der Waals surface area (Å²) in [6.45, 7) is 8.27. The van der Waals surface area contributed by atoms with Crippen LogP contribution in [0, 0.1) is 23.0 Å². The number of hydrogen-bond donors (Lipinski definition) is 2. The molecular weight excluding hydrogens is 551 g/mol. The van der Waals surface area contributed by atoms with E-state index in [0.29, 0.717) is 45.8 Å². The Morgan fingerprint density at radius 1 is 1.16 bits per heavy atom. The largest absolute Gasteiger partial charge is 0.342 e. The molecule has 1 heterocycles. The zero-order chi connectivity index (χ0) is 28.0. The van der Waals surface area contributed by atoms with Crippen LogP contribution in [0.4, 0.5) is 11.4 Å². The van der Waals surface area contributed by atoms with E-state index in [-0.39, 0.29) is 34.2 Å². The number of anilines is 1. The zero-order valence-electron chi connectivity index (χ0n) is 21.3. The lowest BCUT2D eigenvalue weighted by molar-refractivity contribution is -0.384. The highest BCUT2D eigenvalue weighted by Crippen LogP contribution is 2.27. The molecule has 0 spiro atoms. The van der Waals surface area contributed by atoms with E-state index in [4.69, 9.17) is 23.2 Å². The first-order chi connectivity index (χ1) is 18.0. The van der Waals surface area contributed by atoms with E-state index in [1.165, 1.54) is 30.0 Å². The number of amides is 2. The van der Waals surface area contributed by atoms with Gasteiger partial charge in [0.05, 0.1) is 33.0 Å². The second-order valence-corrected chi connectivity index (χ2v) is 10.7. The van der Waals surface area contributed by atoms with Crippen LogP contribution in [-0.4, -0.2) is 37.3 Å². The lowest BCUT2D eigenvalue weighted by atomic mass is 10.0. The Kier molecular flexibility index (Phi) is 10.1. The second-order valence-electron chi connectivity index (χ2n) is 8.96. The SMILES string of the molecule is CCn1c(SCC(=O)Nc2cc([N+](=O)[O-])ccc2C)nnc1[C@@H](CC(C)C)NC(=O)c1ccc(Cl)cc1Cl. The Balaban J connectivity index is 1.76. The van der Waals surface area contributed by atoms with Crippen molar-refractivity contribution in [2.24, 2.45) is 5.92 Å². The van der Waals surface area contributed by atoms with Crippen molar-refractivity contribution >= 4 is 58.2 Å². The van der Waals surface area contributed by atoms with Crippen molar-refractivity contribution in [1.29, 1.82) is 0 Å². The summed E-state index contributed by atoms with van der Waals surface area (Å²) in [7, 11) is 0. The summed E-state index contributed by atoms with van der Waals surface area (Å²) in [5.74, 6) is 0.126. The Hall–Kier alpha value is -3.15. The molecule has 1 aromatic heterocycles. The molecule has 0 radical (unpaired) electrons. The predicted molar refractivity (Wildman–Crippen MR) is 149 cm³/mol. The number of thioether (sulfide) groups is 1. The fraction of sp³-hybridized carbons (Fsp3) is 0.360. The highest BCUT2D eigenvalue weighted by molar-refractivity contribution is 7.99. The minimum atomic E-state index is -0.512. The van der Waals surface area contributed by atoms with Gasteiger partial charge in [0.2, 0.25) is 5.91 Å². The number of hydrogen-bond acceptors (Lipinski definition) is 7. The van der Waals surface area contributed by atoms with Crippen LogP contribution in [0.15, 0.2) is 41.6 Å². The van der Waals surface area contributed by atoms with Crippen LogP contribution in [0.5, 0.6) is 0 Å². The number of nitro benzene ring substituents is 1. The molecule has 0 aliphatic heterocycles. The molecule has 0 saturated heterocycles. The third kappa shape index (κ3) is 7.46. The molecule has 0 unspecified atom stereocenters. The van der Waals surface area contributed by atoms with Crippen LogP contribution in [0.2, 0.25) is 10.0 Å². The van der Waals surface area contributed by atoms with Crippen molar-refractivity contribution in [3.05, 3.63) is 73.5 Å². The van der Waals surface area contributed by atoms with E-state index >= 15 is 0 Å². The molecule has 10 nitrogen and oxygen atoms in total. The fourth-order valence-electron chi connectivity index (χ4n) is 3.75. The quantitative estimate of drug-likeness (QED) is 0.160. The first kappa shape index (κ1) is 29.4. The van der Waals surface area contributed by atoms with Crippen LogP contribution in [0.1, 0.15) is 55.0 Å². The molecule has 0 fully saturated rings. The first-order valence-corrected chi connectivity index (χ1v) is 13.6. The van der Waals surface area contributed by atoms with Gasteiger partial charge in [-0.1, -0.05) is 54.9 Å². The molecule has 0 saturated carbocycles. The van der Waals surface area contributed by atoms with E-state index in [1.807, 2.05) is 25.3 Å². The predicted octanol–water partition coefficient (Wildman–Crippen LogP) is 6.07. The zero-order valence-corrected chi connectivity index (χ0v) is 23.7. The van der Waals surface area contributed by atoms with Gasteiger partial charge in [-0.2, -0.15) is 0 Å². The van der Waals surface area contributed by atoms with Gasteiger partial charge in [0.15, 0.2) is 11.0 Å². The molecule has 2 N–H and O–H groups in total. The van der Waals surface area contributed by atoms with Crippen molar-refractivity contribution in [1.82, 2.24) is 20.1 Å². The minimum absolute atomic E-state index is 0.0157. The summed E-state index contributed by atoms with van der Waals surface area (Å²) in [4.78, 5) is 36.2. The maximum Gasteiger partial charge on any atom is 0.271 e. The Morgan fingerprint density at radius 2 is 1.89 bits per heavy atom. The second kappa shape index (κ2) is 13.1. The van der Waals surface area contributed by atoms with Crippen molar-refractivity contribution < 1.29 is 14.5 Å². The molecule has 3 rings (SSSR count). The summed E-state index contributed by atoms with van der Waals surface area (Å²) in [6.07, 6.45) is 0.603. The monoisotopic (exact) mass is 578 g/mol. The number of carbonyl (C=O) groups is 2. The maximum atomic E-state index is 13.0. The van der Waals surface area contributed by atoms with Crippen molar-refractivity contribution in [3.8, 4) is 0 Å². The minimum Gasteiger partial charge on any atom is -0.342 e.